The van der Waals surface area contributed by atoms with Crippen LogP contribution in [0.4, 0.5) is 0 Å². The van der Waals surface area contributed by atoms with E-state index in [2.05, 4.69) is 25.3 Å². The van der Waals surface area contributed by atoms with Crippen LogP contribution in [0.3, 0.4) is 0 Å². The van der Waals surface area contributed by atoms with Crippen LogP contribution < -0.4 is 0 Å². The fourth-order valence-corrected chi connectivity index (χ4v) is 2.12. The van der Waals surface area contributed by atoms with Gasteiger partial charge >= 0.3 is 0 Å². The zero-order valence-electron chi connectivity index (χ0n) is 7.84. The van der Waals surface area contributed by atoms with Crippen molar-refractivity contribution in [2.24, 2.45) is 0 Å². The van der Waals surface area contributed by atoms with Crippen molar-refractivity contribution in [3.8, 4) is 0 Å². The molecule has 0 aromatic rings. The van der Waals surface area contributed by atoms with Gasteiger partial charge in [-0.1, -0.05) is 37.5 Å². The summed E-state index contributed by atoms with van der Waals surface area (Å²) in [7, 11) is 0. The molecule has 0 bridgehead atoms. The molecule has 0 aliphatic heterocycles. The molecule has 0 atom stereocenters. The van der Waals surface area contributed by atoms with Gasteiger partial charge in [0.05, 0.1) is 0 Å². The van der Waals surface area contributed by atoms with Gasteiger partial charge in [0.15, 0.2) is 0 Å². The highest BCUT2D eigenvalue weighted by molar-refractivity contribution is 5.59. The molecule has 0 amide bonds. The fourth-order valence-electron chi connectivity index (χ4n) is 2.12. The van der Waals surface area contributed by atoms with Crippen molar-refractivity contribution in [2.75, 3.05) is 0 Å². The van der Waals surface area contributed by atoms with E-state index in [0.29, 0.717) is 0 Å². The molecule has 2 rings (SSSR count). The Morgan fingerprint density at radius 2 is 2.08 bits per heavy atom. The molecule has 2 aliphatic rings. The Labute approximate surface area is 79.7 Å². The minimum Gasteiger partial charge on any atom is -0.0988 e. The highest BCUT2D eigenvalue weighted by atomic mass is 14.2. The molecule has 0 radical (unpaired) electrons. The summed E-state index contributed by atoms with van der Waals surface area (Å²) >= 11 is 0. The summed E-state index contributed by atoms with van der Waals surface area (Å²) in [5, 5.41) is 0. The predicted octanol–water partition coefficient (Wildman–Crippen LogP) is 3.71. The van der Waals surface area contributed by atoms with Crippen molar-refractivity contribution < 1.29 is 0 Å². The number of allylic oxidation sites excluding steroid dienone is 8. The molecule has 0 aromatic carbocycles. The molecule has 66 valence electrons. The first-order chi connectivity index (χ1) is 6.36. The molecule has 2 aliphatic carbocycles. The molecule has 0 N–H and O–H groups in total. The summed E-state index contributed by atoms with van der Waals surface area (Å²) in [6.45, 7) is 7.71. The Morgan fingerprint density at radius 3 is 2.77 bits per heavy atom. The molecule has 0 heteroatoms. The van der Waals surface area contributed by atoms with Crippen LogP contribution >= 0.6 is 0 Å². The molecule has 0 aromatic heterocycles. The van der Waals surface area contributed by atoms with Gasteiger partial charge in [-0.15, -0.1) is 0 Å². The maximum atomic E-state index is 3.87. The van der Waals surface area contributed by atoms with Crippen LogP contribution in [-0.2, 0) is 0 Å². The van der Waals surface area contributed by atoms with Crippen LogP contribution in [-0.4, -0.2) is 0 Å². The molecule has 0 heterocycles. The third kappa shape index (κ3) is 1.23. The number of hydrogen-bond acceptors (Lipinski definition) is 0. The second-order valence-electron chi connectivity index (χ2n) is 3.47. The van der Waals surface area contributed by atoms with E-state index in [-0.39, 0.29) is 0 Å². The maximum Gasteiger partial charge on any atom is -0.00171 e. The lowest BCUT2D eigenvalue weighted by atomic mass is 9.96. The van der Waals surface area contributed by atoms with E-state index >= 15 is 0 Å². The van der Waals surface area contributed by atoms with Crippen LogP contribution in [0.1, 0.15) is 19.3 Å². The van der Waals surface area contributed by atoms with E-state index in [4.69, 9.17) is 0 Å². The van der Waals surface area contributed by atoms with Gasteiger partial charge in [0.2, 0.25) is 0 Å². The smallest absolute Gasteiger partial charge is 0.00171 e. The van der Waals surface area contributed by atoms with Crippen molar-refractivity contribution in [3.05, 3.63) is 59.8 Å². The minimum atomic E-state index is 1.05. The Morgan fingerprint density at radius 1 is 1.23 bits per heavy atom. The third-order valence-electron chi connectivity index (χ3n) is 2.77. The molecule has 0 spiro atoms. The van der Waals surface area contributed by atoms with Crippen molar-refractivity contribution in [3.63, 3.8) is 0 Å². The fraction of sp³-hybridized carbons (Fsp3) is 0.231. The van der Waals surface area contributed by atoms with Crippen LogP contribution in [0.15, 0.2) is 59.8 Å². The molecule has 0 saturated carbocycles. The highest BCUT2D eigenvalue weighted by Gasteiger charge is 2.20. The van der Waals surface area contributed by atoms with Gasteiger partial charge in [-0.2, -0.15) is 0 Å². The minimum absolute atomic E-state index is 1.05. The quantitative estimate of drug-likeness (QED) is 0.592. The normalized spacial score (nSPS) is 20.6. The van der Waals surface area contributed by atoms with E-state index < -0.39 is 0 Å². The third-order valence-corrected chi connectivity index (χ3v) is 2.77. The summed E-state index contributed by atoms with van der Waals surface area (Å²) in [6.07, 6.45) is 11.8. The van der Waals surface area contributed by atoms with Gasteiger partial charge in [0, 0.05) is 0 Å². The second-order valence-corrected chi connectivity index (χ2v) is 3.47. The van der Waals surface area contributed by atoms with Gasteiger partial charge < -0.3 is 0 Å². The SMILES string of the molecule is C=CC1=C(C=C)C2=C(C=CCC2)C1. The Kier molecular flexibility index (Phi) is 2.05. The lowest BCUT2D eigenvalue weighted by molar-refractivity contribution is 0.963. The van der Waals surface area contributed by atoms with Crippen LogP contribution in [0.2, 0.25) is 0 Å². The number of rotatable bonds is 2. The average Bonchev–Trinajstić information content (AvgIpc) is 2.55. The van der Waals surface area contributed by atoms with Crippen molar-refractivity contribution in [1.82, 2.24) is 0 Å². The first-order valence-corrected chi connectivity index (χ1v) is 4.73. The zero-order valence-corrected chi connectivity index (χ0v) is 7.84. The highest BCUT2D eigenvalue weighted by Crippen LogP contribution is 2.38. The first kappa shape index (κ1) is 8.31. The van der Waals surface area contributed by atoms with E-state index in [1.54, 1.807) is 0 Å². The predicted molar refractivity (Wildman–Crippen MR) is 57.4 cm³/mol. The zero-order chi connectivity index (χ0) is 9.26. The van der Waals surface area contributed by atoms with Crippen molar-refractivity contribution >= 4 is 0 Å². The first-order valence-electron chi connectivity index (χ1n) is 4.73. The van der Waals surface area contributed by atoms with E-state index in [1.807, 2.05) is 12.2 Å². The molecular formula is C13H14. The van der Waals surface area contributed by atoms with Crippen LogP contribution in [0, 0.1) is 0 Å². The van der Waals surface area contributed by atoms with Gasteiger partial charge in [-0.3, -0.25) is 0 Å². The molecule has 13 heavy (non-hydrogen) atoms. The summed E-state index contributed by atoms with van der Waals surface area (Å²) in [5.74, 6) is 0. The molecule has 0 saturated heterocycles. The Hall–Kier alpha value is -1.30. The van der Waals surface area contributed by atoms with Gasteiger partial charge in [-0.05, 0) is 41.6 Å². The Bertz CT molecular complexity index is 348. The topological polar surface area (TPSA) is 0 Å². The number of hydrogen-bond donors (Lipinski definition) is 0. The maximum absolute atomic E-state index is 3.87. The lowest BCUT2D eigenvalue weighted by Crippen LogP contribution is -1.90. The second kappa shape index (κ2) is 3.21. The lowest BCUT2D eigenvalue weighted by Gasteiger charge is -2.09. The van der Waals surface area contributed by atoms with E-state index in [9.17, 15) is 0 Å². The average molecular weight is 170 g/mol. The molecule has 0 fully saturated rings. The summed E-state index contributed by atoms with van der Waals surface area (Å²) in [4.78, 5) is 0. The van der Waals surface area contributed by atoms with Crippen molar-refractivity contribution in [1.29, 1.82) is 0 Å². The van der Waals surface area contributed by atoms with Crippen molar-refractivity contribution in [2.45, 2.75) is 19.3 Å². The largest absolute Gasteiger partial charge is 0.0988 e. The summed E-state index contributed by atoms with van der Waals surface area (Å²) < 4.78 is 0. The van der Waals surface area contributed by atoms with Crippen LogP contribution in [0.25, 0.3) is 0 Å². The standard InChI is InChI=1S/C13H14/c1-3-10-9-11-7-5-6-8-13(11)12(10)4-2/h3-5,7H,1-2,6,8-9H2. The molecule has 0 unspecified atom stereocenters. The van der Waals surface area contributed by atoms with Crippen LogP contribution in [0.5, 0.6) is 0 Å². The van der Waals surface area contributed by atoms with Gasteiger partial charge in [0.1, 0.15) is 0 Å². The van der Waals surface area contributed by atoms with Gasteiger partial charge in [-0.25, -0.2) is 0 Å². The summed E-state index contributed by atoms with van der Waals surface area (Å²) in [6, 6.07) is 0. The van der Waals surface area contributed by atoms with E-state index in [1.165, 1.54) is 35.1 Å². The molecule has 0 nitrogen and oxygen atoms in total. The van der Waals surface area contributed by atoms with Gasteiger partial charge in [0.25, 0.3) is 0 Å². The Balaban J connectivity index is 2.44. The summed E-state index contributed by atoms with van der Waals surface area (Å²) in [5.41, 5.74) is 5.63. The van der Waals surface area contributed by atoms with E-state index in [0.717, 1.165) is 6.42 Å². The monoisotopic (exact) mass is 170 g/mol. The molecular weight excluding hydrogens is 156 g/mol.